The van der Waals surface area contributed by atoms with Crippen LogP contribution in [-0.2, 0) is 11.3 Å². The molecule has 24 heavy (non-hydrogen) atoms. The van der Waals surface area contributed by atoms with Gasteiger partial charge < -0.3 is 9.26 Å². The van der Waals surface area contributed by atoms with Crippen molar-refractivity contribution in [2.45, 2.75) is 20.4 Å². The van der Waals surface area contributed by atoms with E-state index in [0.29, 0.717) is 11.7 Å². The number of hydrogen-bond donors (Lipinski definition) is 0. The van der Waals surface area contributed by atoms with Crippen molar-refractivity contribution in [3.8, 4) is 11.4 Å². The SMILES string of the molecule is CCOCCN1CCN(Cc2nc(-c3ccccc3C)no2)CC1. The topological polar surface area (TPSA) is 54.6 Å². The molecule has 2 aromatic rings. The minimum atomic E-state index is 0.679. The number of ether oxygens (including phenoxy) is 1. The van der Waals surface area contributed by atoms with Gasteiger partial charge in [0.15, 0.2) is 0 Å². The van der Waals surface area contributed by atoms with Gasteiger partial charge in [0, 0.05) is 44.9 Å². The Labute approximate surface area is 143 Å². The van der Waals surface area contributed by atoms with Gasteiger partial charge in [-0.2, -0.15) is 4.98 Å². The Morgan fingerprint density at radius 2 is 1.88 bits per heavy atom. The molecule has 0 radical (unpaired) electrons. The van der Waals surface area contributed by atoms with Crippen LogP contribution in [0.25, 0.3) is 11.4 Å². The first-order valence-corrected chi connectivity index (χ1v) is 8.67. The van der Waals surface area contributed by atoms with Crippen molar-refractivity contribution >= 4 is 0 Å². The van der Waals surface area contributed by atoms with Gasteiger partial charge in [0.2, 0.25) is 11.7 Å². The lowest BCUT2D eigenvalue weighted by molar-refractivity contribution is 0.0749. The van der Waals surface area contributed by atoms with E-state index in [1.807, 2.05) is 25.1 Å². The van der Waals surface area contributed by atoms with Gasteiger partial charge >= 0.3 is 0 Å². The summed E-state index contributed by atoms with van der Waals surface area (Å²) in [6.45, 7) is 11.6. The van der Waals surface area contributed by atoms with Crippen molar-refractivity contribution in [3.05, 3.63) is 35.7 Å². The second-order valence-corrected chi connectivity index (χ2v) is 6.14. The average molecular weight is 330 g/mol. The summed E-state index contributed by atoms with van der Waals surface area (Å²) in [5.74, 6) is 1.37. The van der Waals surface area contributed by atoms with Crippen molar-refractivity contribution in [2.75, 3.05) is 45.9 Å². The van der Waals surface area contributed by atoms with E-state index >= 15 is 0 Å². The van der Waals surface area contributed by atoms with E-state index in [-0.39, 0.29) is 0 Å². The predicted octanol–water partition coefficient (Wildman–Crippen LogP) is 2.20. The molecule has 6 heteroatoms. The highest BCUT2D eigenvalue weighted by molar-refractivity contribution is 5.58. The van der Waals surface area contributed by atoms with Crippen LogP contribution in [0.2, 0.25) is 0 Å². The second-order valence-electron chi connectivity index (χ2n) is 6.14. The number of benzene rings is 1. The number of aromatic nitrogens is 2. The molecule has 0 N–H and O–H groups in total. The Kier molecular flexibility index (Phi) is 5.96. The monoisotopic (exact) mass is 330 g/mol. The molecule has 130 valence electrons. The summed E-state index contributed by atoms with van der Waals surface area (Å²) in [6.07, 6.45) is 0. The van der Waals surface area contributed by atoms with E-state index < -0.39 is 0 Å². The zero-order valence-electron chi connectivity index (χ0n) is 14.6. The molecular formula is C18H26N4O2. The summed E-state index contributed by atoms with van der Waals surface area (Å²) in [5.41, 5.74) is 2.20. The first-order chi connectivity index (χ1) is 11.8. The quantitative estimate of drug-likeness (QED) is 0.726. The van der Waals surface area contributed by atoms with E-state index in [9.17, 15) is 0 Å². The van der Waals surface area contributed by atoms with Crippen LogP contribution in [0.15, 0.2) is 28.8 Å². The Balaban J connectivity index is 1.50. The Hall–Kier alpha value is -1.76. The molecule has 1 fully saturated rings. The highest BCUT2D eigenvalue weighted by Gasteiger charge is 2.19. The summed E-state index contributed by atoms with van der Waals surface area (Å²) in [6, 6.07) is 8.11. The first kappa shape index (κ1) is 17.1. The normalized spacial score (nSPS) is 16.6. The smallest absolute Gasteiger partial charge is 0.241 e. The number of rotatable bonds is 7. The van der Waals surface area contributed by atoms with Gasteiger partial charge in [-0.1, -0.05) is 29.4 Å². The largest absolute Gasteiger partial charge is 0.380 e. The van der Waals surface area contributed by atoms with Gasteiger partial charge in [0.1, 0.15) is 0 Å². The van der Waals surface area contributed by atoms with Crippen LogP contribution < -0.4 is 0 Å². The van der Waals surface area contributed by atoms with Gasteiger partial charge in [-0.05, 0) is 19.4 Å². The highest BCUT2D eigenvalue weighted by atomic mass is 16.5. The third kappa shape index (κ3) is 4.41. The summed E-state index contributed by atoms with van der Waals surface area (Å²) in [7, 11) is 0. The molecule has 0 amide bonds. The lowest BCUT2D eigenvalue weighted by Gasteiger charge is -2.33. The fourth-order valence-electron chi connectivity index (χ4n) is 2.95. The van der Waals surface area contributed by atoms with E-state index in [0.717, 1.165) is 63.6 Å². The Bertz CT molecular complexity index is 635. The zero-order valence-corrected chi connectivity index (χ0v) is 14.6. The van der Waals surface area contributed by atoms with Gasteiger partial charge in [-0.3, -0.25) is 9.80 Å². The van der Waals surface area contributed by atoms with Crippen molar-refractivity contribution in [1.29, 1.82) is 0 Å². The molecule has 0 atom stereocenters. The lowest BCUT2D eigenvalue weighted by atomic mass is 10.1. The number of hydrogen-bond acceptors (Lipinski definition) is 6. The third-order valence-corrected chi connectivity index (χ3v) is 4.43. The van der Waals surface area contributed by atoms with Crippen molar-refractivity contribution in [2.24, 2.45) is 0 Å². The Morgan fingerprint density at radius 3 is 2.62 bits per heavy atom. The number of aryl methyl sites for hydroxylation is 1. The minimum absolute atomic E-state index is 0.679. The summed E-state index contributed by atoms with van der Waals surface area (Å²) >= 11 is 0. The van der Waals surface area contributed by atoms with Gasteiger partial charge in [-0.25, -0.2) is 0 Å². The zero-order chi connectivity index (χ0) is 16.8. The number of nitrogens with zero attached hydrogens (tertiary/aromatic N) is 4. The van der Waals surface area contributed by atoms with Crippen molar-refractivity contribution in [1.82, 2.24) is 19.9 Å². The molecule has 1 aromatic carbocycles. The molecule has 0 spiro atoms. The first-order valence-electron chi connectivity index (χ1n) is 8.67. The molecule has 2 heterocycles. The molecule has 6 nitrogen and oxygen atoms in total. The third-order valence-electron chi connectivity index (χ3n) is 4.43. The molecular weight excluding hydrogens is 304 g/mol. The summed E-state index contributed by atoms with van der Waals surface area (Å²) in [4.78, 5) is 9.37. The maximum absolute atomic E-state index is 5.45. The summed E-state index contributed by atoms with van der Waals surface area (Å²) < 4.78 is 10.9. The second kappa shape index (κ2) is 8.37. The van der Waals surface area contributed by atoms with Crippen LogP contribution in [0.4, 0.5) is 0 Å². The predicted molar refractivity (Wildman–Crippen MR) is 92.7 cm³/mol. The molecule has 1 aromatic heterocycles. The van der Waals surface area contributed by atoms with Gasteiger partial charge in [0.25, 0.3) is 0 Å². The molecule has 0 bridgehead atoms. The standard InChI is InChI=1S/C18H26N4O2/c1-3-23-13-12-21-8-10-22(11-9-21)14-17-19-18(20-24-17)16-7-5-4-6-15(16)2/h4-7H,3,8-14H2,1-2H3. The maximum Gasteiger partial charge on any atom is 0.241 e. The maximum atomic E-state index is 5.45. The average Bonchev–Trinajstić information content (AvgIpc) is 3.05. The molecule has 1 aliphatic heterocycles. The van der Waals surface area contributed by atoms with Crippen molar-refractivity contribution < 1.29 is 9.26 Å². The minimum Gasteiger partial charge on any atom is -0.380 e. The fourth-order valence-corrected chi connectivity index (χ4v) is 2.95. The van der Waals surface area contributed by atoms with Crippen LogP contribution >= 0.6 is 0 Å². The van der Waals surface area contributed by atoms with E-state index in [1.54, 1.807) is 0 Å². The summed E-state index contributed by atoms with van der Waals surface area (Å²) in [5, 5.41) is 4.14. The molecule has 1 saturated heterocycles. The molecule has 1 aliphatic rings. The fraction of sp³-hybridized carbons (Fsp3) is 0.556. The molecule has 0 unspecified atom stereocenters. The van der Waals surface area contributed by atoms with Crippen LogP contribution in [0.3, 0.4) is 0 Å². The van der Waals surface area contributed by atoms with Gasteiger partial charge in [-0.15, -0.1) is 0 Å². The van der Waals surface area contributed by atoms with E-state index in [4.69, 9.17) is 9.26 Å². The molecule has 0 aliphatic carbocycles. The molecule has 3 rings (SSSR count). The number of piperazine rings is 1. The van der Waals surface area contributed by atoms with Gasteiger partial charge in [0.05, 0.1) is 13.2 Å². The molecule has 0 saturated carbocycles. The lowest BCUT2D eigenvalue weighted by Crippen LogP contribution is -2.46. The van der Waals surface area contributed by atoms with Crippen LogP contribution in [0, 0.1) is 6.92 Å². The van der Waals surface area contributed by atoms with Crippen LogP contribution in [0.1, 0.15) is 18.4 Å². The van der Waals surface area contributed by atoms with Crippen LogP contribution in [0.5, 0.6) is 0 Å². The van der Waals surface area contributed by atoms with E-state index in [2.05, 4.69) is 32.9 Å². The highest BCUT2D eigenvalue weighted by Crippen LogP contribution is 2.20. The van der Waals surface area contributed by atoms with Crippen LogP contribution in [-0.4, -0.2) is 65.9 Å². The van der Waals surface area contributed by atoms with E-state index in [1.165, 1.54) is 0 Å². The Morgan fingerprint density at radius 1 is 1.12 bits per heavy atom. The van der Waals surface area contributed by atoms with Crippen molar-refractivity contribution in [3.63, 3.8) is 0 Å².